The number of hydrogen-bond donors (Lipinski definition) is 1. The van der Waals surface area contributed by atoms with Crippen LogP contribution in [-0.4, -0.2) is 11.1 Å². The molecule has 0 heterocycles. The molecule has 1 N–H and O–H groups in total. The van der Waals surface area contributed by atoms with E-state index in [0.717, 1.165) is 25.7 Å². The molecule has 0 spiro atoms. The van der Waals surface area contributed by atoms with E-state index in [1.54, 1.807) is 0 Å². The van der Waals surface area contributed by atoms with Crippen LogP contribution in [0.2, 0.25) is 0 Å². The second-order valence-corrected chi connectivity index (χ2v) is 4.79. The first kappa shape index (κ1) is 13.5. The minimum absolute atomic E-state index is 0.142. The van der Waals surface area contributed by atoms with Crippen LogP contribution in [0, 0.1) is 17.8 Å². The molecule has 0 aliphatic rings. The van der Waals surface area contributed by atoms with Crippen LogP contribution in [0.4, 0.5) is 0 Å². The Morgan fingerprint density at radius 3 is 2.14 bits per heavy atom. The molecular formula is C12H24O2. The summed E-state index contributed by atoms with van der Waals surface area (Å²) in [7, 11) is 0. The maximum absolute atomic E-state index is 11.0. The van der Waals surface area contributed by atoms with E-state index in [1.807, 2.05) is 0 Å². The maximum atomic E-state index is 11.0. The van der Waals surface area contributed by atoms with Gasteiger partial charge in [-0.25, -0.2) is 0 Å². The number of carboxylic acid groups (broad SMARTS) is 1. The predicted octanol–water partition coefficient (Wildman–Crippen LogP) is 3.56. The lowest BCUT2D eigenvalue weighted by Gasteiger charge is -2.18. The third-order valence-corrected chi connectivity index (χ3v) is 2.57. The number of carbonyl (C=O) groups is 1. The number of hydrogen-bond acceptors (Lipinski definition) is 1. The molecule has 2 atom stereocenters. The van der Waals surface area contributed by atoms with E-state index in [-0.39, 0.29) is 5.92 Å². The van der Waals surface area contributed by atoms with Gasteiger partial charge < -0.3 is 5.11 Å². The zero-order valence-corrected chi connectivity index (χ0v) is 9.92. The summed E-state index contributed by atoms with van der Waals surface area (Å²) in [4.78, 5) is 11.0. The molecule has 2 heteroatoms. The van der Waals surface area contributed by atoms with Crippen molar-refractivity contribution in [2.75, 3.05) is 0 Å². The van der Waals surface area contributed by atoms with Gasteiger partial charge in [-0.3, -0.25) is 4.79 Å². The lowest BCUT2D eigenvalue weighted by Crippen LogP contribution is -2.18. The van der Waals surface area contributed by atoms with Gasteiger partial charge >= 0.3 is 5.97 Å². The Balaban J connectivity index is 4.02. The van der Waals surface area contributed by atoms with Crippen molar-refractivity contribution < 1.29 is 9.90 Å². The van der Waals surface area contributed by atoms with Gasteiger partial charge in [-0.15, -0.1) is 0 Å². The molecule has 2 unspecified atom stereocenters. The van der Waals surface area contributed by atoms with Crippen molar-refractivity contribution in [2.45, 2.75) is 53.4 Å². The summed E-state index contributed by atoms with van der Waals surface area (Å²) in [5.74, 6) is 0.253. The highest BCUT2D eigenvalue weighted by atomic mass is 16.4. The van der Waals surface area contributed by atoms with Gasteiger partial charge in [-0.2, -0.15) is 0 Å². The summed E-state index contributed by atoms with van der Waals surface area (Å²) in [5, 5.41) is 9.04. The average molecular weight is 200 g/mol. The normalized spacial score (nSPS) is 15.5. The first-order valence-electron chi connectivity index (χ1n) is 5.70. The molecule has 0 aromatic heterocycles. The van der Waals surface area contributed by atoms with Gasteiger partial charge in [-0.1, -0.05) is 40.5 Å². The molecule has 0 rings (SSSR count). The van der Waals surface area contributed by atoms with E-state index in [1.165, 1.54) is 0 Å². The lowest BCUT2D eigenvalue weighted by molar-refractivity contribution is -0.143. The molecule has 0 aromatic rings. The summed E-state index contributed by atoms with van der Waals surface area (Å²) < 4.78 is 0. The zero-order valence-electron chi connectivity index (χ0n) is 9.92. The van der Waals surface area contributed by atoms with Crippen molar-refractivity contribution in [3.8, 4) is 0 Å². The van der Waals surface area contributed by atoms with Crippen LogP contribution in [0.25, 0.3) is 0 Å². The van der Waals surface area contributed by atoms with Gasteiger partial charge in [0, 0.05) is 0 Å². The highest BCUT2D eigenvalue weighted by molar-refractivity contribution is 5.69. The first-order chi connectivity index (χ1) is 6.47. The summed E-state index contributed by atoms with van der Waals surface area (Å²) in [6, 6.07) is 0. The van der Waals surface area contributed by atoms with E-state index < -0.39 is 5.97 Å². The highest BCUT2D eigenvalue weighted by Crippen LogP contribution is 2.22. The Hall–Kier alpha value is -0.530. The minimum Gasteiger partial charge on any atom is -0.481 e. The molecular weight excluding hydrogens is 176 g/mol. The van der Waals surface area contributed by atoms with Gasteiger partial charge in [0.25, 0.3) is 0 Å². The van der Waals surface area contributed by atoms with Crippen LogP contribution >= 0.6 is 0 Å². The van der Waals surface area contributed by atoms with E-state index in [0.29, 0.717) is 11.8 Å². The molecule has 0 saturated heterocycles. The molecule has 84 valence electrons. The largest absolute Gasteiger partial charge is 0.481 e. The van der Waals surface area contributed by atoms with Crippen molar-refractivity contribution >= 4 is 5.97 Å². The summed E-state index contributed by atoms with van der Waals surface area (Å²) >= 11 is 0. The van der Waals surface area contributed by atoms with Gasteiger partial charge in [0.1, 0.15) is 0 Å². The average Bonchev–Trinajstić information content (AvgIpc) is 2.02. The molecule has 2 nitrogen and oxygen atoms in total. The van der Waals surface area contributed by atoms with E-state index in [4.69, 9.17) is 5.11 Å². The third kappa shape index (κ3) is 6.01. The number of carboxylic acids is 1. The summed E-state index contributed by atoms with van der Waals surface area (Å²) in [6.45, 7) is 8.47. The maximum Gasteiger partial charge on any atom is 0.306 e. The van der Waals surface area contributed by atoms with E-state index in [9.17, 15) is 4.79 Å². The number of rotatable bonds is 7. The topological polar surface area (TPSA) is 37.3 Å². The molecule has 0 saturated carbocycles. The second kappa shape index (κ2) is 6.86. The van der Waals surface area contributed by atoms with Crippen molar-refractivity contribution in [3.05, 3.63) is 0 Å². The smallest absolute Gasteiger partial charge is 0.306 e. The zero-order chi connectivity index (χ0) is 11.1. The fraction of sp³-hybridized carbons (Fsp3) is 0.917. The Morgan fingerprint density at radius 2 is 1.79 bits per heavy atom. The molecule has 0 aromatic carbocycles. The lowest BCUT2D eigenvalue weighted by atomic mass is 9.87. The van der Waals surface area contributed by atoms with Crippen LogP contribution in [0.5, 0.6) is 0 Å². The summed E-state index contributed by atoms with van der Waals surface area (Å²) in [6.07, 6.45) is 3.93. The quantitative estimate of drug-likeness (QED) is 0.682. The second-order valence-electron chi connectivity index (χ2n) is 4.79. The van der Waals surface area contributed by atoms with E-state index >= 15 is 0 Å². The van der Waals surface area contributed by atoms with Gasteiger partial charge in [0.15, 0.2) is 0 Å². The van der Waals surface area contributed by atoms with Crippen LogP contribution in [0.15, 0.2) is 0 Å². The van der Waals surface area contributed by atoms with Crippen molar-refractivity contribution in [2.24, 2.45) is 17.8 Å². The molecule has 0 amide bonds. The first-order valence-corrected chi connectivity index (χ1v) is 5.70. The Labute approximate surface area is 87.7 Å². The van der Waals surface area contributed by atoms with Gasteiger partial charge in [0.2, 0.25) is 0 Å². The Bertz CT molecular complexity index is 164. The predicted molar refractivity (Wildman–Crippen MR) is 59.3 cm³/mol. The fourth-order valence-electron chi connectivity index (χ4n) is 1.96. The van der Waals surface area contributed by atoms with Crippen LogP contribution in [0.3, 0.4) is 0 Å². The summed E-state index contributed by atoms with van der Waals surface area (Å²) in [5.41, 5.74) is 0. The highest BCUT2D eigenvalue weighted by Gasteiger charge is 2.20. The molecule has 0 aliphatic carbocycles. The monoisotopic (exact) mass is 200 g/mol. The van der Waals surface area contributed by atoms with Crippen molar-refractivity contribution in [1.29, 1.82) is 0 Å². The number of aliphatic carboxylic acids is 1. The molecule has 0 bridgehead atoms. The molecule has 0 radical (unpaired) electrons. The fourth-order valence-corrected chi connectivity index (χ4v) is 1.96. The molecule has 14 heavy (non-hydrogen) atoms. The minimum atomic E-state index is -0.623. The Kier molecular flexibility index (Phi) is 6.60. The SMILES string of the molecule is CCCC(C)CC(CC(C)C)C(=O)O. The molecule has 0 fully saturated rings. The van der Waals surface area contributed by atoms with Crippen molar-refractivity contribution in [1.82, 2.24) is 0 Å². The van der Waals surface area contributed by atoms with Crippen LogP contribution < -0.4 is 0 Å². The Morgan fingerprint density at radius 1 is 1.21 bits per heavy atom. The van der Waals surface area contributed by atoms with Gasteiger partial charge in [0.05, 0.1) is 5.92 Å². The third-order valence-electron chi connectivity index (χ3n) is 2.57. The van der Waals surface area contributed by atoms with Crippen molar-refractivity contribution in [3.63, 3.8) is 0 Å². The van der Waals surface area contributed by atoms with Crippen LogP contribution in [0.1, 0.15) is 53.4 Å². The standard InChI is InChI=1S/C12H24O2/c1-5-6-10(4)8-11(12(13)14)7-9(2)3/h9-11H,5-8H2,1-4H3,(H,13,14). The van der Waals surface area contributed by atoms with E-state index in [2.05, 4.69) is 27.7 Å². The molecule has 0 aliphatic heterocycles. The van der Waals surface area contributed by atoms with Crippen LogP contribution in [-0.2, 0) is 4.79 Å². The van der Waals surface area contributed by atoms with Gasteiger partial charge in [-0.05, 0) is 24.7 Å².